The average molecular weight is 434 g/mol. The van der Waals surface area contributed by atoms with Gasteiger partial charge in [0.25, 0.3) is 0 Å². The highest BCUT2D eigenvalue weighted by Crippen LogP contribution is 2.29. The van der Waals surface area contributed by atoms with Gasteiger partial charge in [0, 0.05) is 46.7 Å². The van der Waals surface area contributed by atoms with Crippen LogP contribution in [0.4, 0.5) is 0 Å². The second-order valence-corrected chi connectivity index (χ2v) is 7.97. The van der Waals surface area contributed by atoms with Gasteiger partial charge in [-0.05, 0) is 55.7 Å². The first-order valence-corrected chi connectivity index (χ1v) is 10.8. The zero-order valence-corrected chi connectivity index (χ0v) is 18.9. The summed E-state index contributed by atoms with van der Waals surface area (Å²) in [5.41, 5.74) is 3.51. The molecular weight excluding hydrogens is 406 g/mol. The number of fused-ring (bicyclic) bond motifs is 2. The second kappa shape index (κ2) is 8.91. The lowest BCUT2D eigenvalue weighted by molar-refractivity contribution is 0.0922. The molecule has 6 heteroatoms. The Kier molecular flexibility index (Phi) is 6.04. The van der Waals surface area contributed by atoms with E-state index in [9.17, 15) is 9.59 Å². The van der Waals surface area contributed by atoms with Crippen molar-refractivity contribution < 1.29 is 18.7 Å². The first-order valence-electron chi connectivity index (χ1n) is 10.8. The number of methoxy groups -OCH3 is 1. The van der Waals surface area contributed by atoms with E-state index in [4.69, 9.17) is 13.9 Å². The highest BCUT2D eigenvalue weighted by atomic mass is 16.5. The van der Waals surface area contributed by atoms with E-state index in [1.807, 2.05) is 48.9 Å². The third-order valence-electron chi connectivity index (χ3n) is 5.95. The number of hydrogen-bond acceptors (Lipinski definition) is 5. The van der Waals surface area contributed by atoms with Gasteiger partial charge in [0.2, 0.25) is 5.78 Å². The Morgan fingerprint density at radius 2 is 1.84 bits per heavy atom. The smallest absolute Gasteiger partial charge is 0.336 e. The molecule has 4 aromatic rings. The molecule has 0 N–H and O–H groups in total. The van der Waals surface area contributed by atoms with Crippen molar-refractivity contribution in [2.24, 2.45) is 7.05 Å². The summed E-state index contributed by atoms with van der Waals surface area (Å²) in [7, 11) is 3.54. The van der Waals surface area contributed by atoms with Gasteiger partial charge in [0.15, 0.2) is 6.61 Å². The van der Waals surface area contributed by atoms with Crippen molar-refractivity contribution in [2.45, 2.75) is 33.1 Å². The number of rotatable bonds is 8. The number of nitrogens with zero attached hydrogens (tertiary/aromatic N) is 1. The van der Waals surface area contributed by atoms with Crippen LogP contribution in [0, 0.1) is 6.92 Å². The molecule has 32 heavy (non-hydrogen) atoms. The SMILES string of the molecule is CCCCc1cc(=O)oc2cc(OCC(=O)c3c(C)n(C)c4ccc(OC)cc34)ccc12. The summed E-state index contributed by atoms with van der Waals surface area (Å²) in [5, 5.41) is 1.73. The molecule has 0 saturated carbocycles. The standard InChI is InChI=1S/C26H27NO5/c1-5-6-7-17-12-25(29)32-24-14-19(8-10-20(17)24)31-15-23(28)26-16(2)27(3)22-11-9-18(30-4)13-21(22)26/h8-14H,5-7,15H2,1-4H3. The Bertz CT molecular complexity index is 1360. The zero-order chi connectivity index (χ0) is 22.8. The van der Waals surface area contributed by atoms with Crippen LogP contribution in [0.2, 0.25) is 0 Å². The Balaban J connectivity index is 1.61. The minimum Gasteiger partial charge on any atom is -0.497 e. The Labute approximate surface area is 186 Å². The number of hydrogen-bond donors (Lipinski definition) is 0. The highest BCUT2D eigenvalue weighted by Gasteiger charge is 2.20. The maximum atomic E-state index is 13.1. The summed E-state index contributed by atoms with van der Waals surface area (Å²) in [6, 6.07) is 12.6. The van der Waals surface area contributed by atoms with Gasteiger partial charge < -0.3 is 18.5 Å². The van der Waals surface area contributed by atoms with Gasteiger partial charge in [-0.15, -0.1) is 0 Å². The van der Waals surface area contributed by atoms with Crippen LogP contribution >= 0.6 is 0 Å². The van der Waals surface area contributed by atoms with Gasteiger partial charge >= 0.3 is 5.63 Å². The highest BCUT2D eigenvalue weighted by molar-refractivity contribution is 6.10. The number of carbonyl (C=O) groups is 1. The van der Waals surface area contributed by atoms with Crippen molar-refractivity contribution in [3.8, 4) is 11.5 Å². The van der Waals surface area contributed by atoms with Crippen LogP contribution < -0.4 is 15.1 Å². The van der Waals surface area contributed by atoms with Crippen LogP contribution in [0.5, 0.6) is 11.5 Å². The molecule has 6 nitrogen and oxygen atoms in total. The molecule has 0 aliphatic rings. The predicted molar refractivity (Wildman–Crippen MR) is 125 cm³/mol. The summed E-state index contributed by atoms with van der Waals surface area (Å²) in [6.07, 6.45) is 2.87. The molecule has 0 unspecified atom stereocenters. The van der Waals surface area contributed by atoms with Gasteiger partial charge in [0.1, 0.15) is 17.1 Å². The maximum absolute atomic E-state index is 13.1. The van der Waals surface area contributed by atoms with E-state index in [0.717, 1.165) is 46.8 Å². The van der Waals surface area contributed by atoms with Gasteiger partial charge in [-0.3, -0.25) is 4.79 Å². The summed E-state index contributed by atoms with van der Waals surface area (Å²) in [4.78, 5) is 25.1. The molecule has 0 fully saturated rings. The van der Waals surface area contributed by atoms with Crippen LogP contribution in [0.25, 0.3) is 21.9 Å². The molecule has 0 atom stereocenters. The molecule has 0 radical (unpaired) electrons. The normalized spacial score (nSPS) is 11.2. The molecule has 2 heterocycles. The quantitative estimate of drug-likeness (QED) is 0.282. The van der Waals surface area contributed by atoms with Crippen molar-refractivity contribution in [1.82, 2.24) is 4.57 Å². The molecule has 2 aromatic heterocycles. The molecule has 0 saturated heterocycles. The minimum absolute atomic E-state index is 0.123. The number of ketones is 1. The second-order valence-electron chi connectivity index (χ2n) is 7.97. The van der Waals surface area contributed by atoms with Crippen molar-refractivity contribution in [3.63, 3.8) is 0 Å². The van der Waals surface area contributed by atoms with Crippen molar-refractivity contribution in [3.05, 3.63) is 69.7 Å². The molecule has 0 spiro atoms. The van der Waals surface area contributed by atoms with E-state index >= 15 is 0 Å². The third kappa shape index (κ3) is 4.00. The first-order chi connectivity index (χ1) is 15.4. The fraction of sp³-hybridized carbons (Fsp3) is 0.308. The summed E-state index contributed by atoms with van der Waals surface area (Å²) in [6.45, 7) is 3.91. The van der Waals surface area contributed by atoms with E-state index in [1.54, 1.807) is 19.2 Å². The fourth-order valence-electron chi connectivity index (χ4n) is 4.13. The lowest BCUT2D eigenvalue weighted by Crippen LogP contribution is -2.13. The first kappa shape index (κ1) is 21.7. The number of aromatic nitrogens is 1. The number of ether oxygens (including phenoxy) is 2. The molecule has 0 amide bonds. The Hall–Kier alpha value is -3.54. The predicted octanol–water partition coefficient (Wildman–Crippen LogP) is 5.21. The minimum atomic E-state index is -0.378. The monoisotopic (exact) mass is 433 g/mol. The summed E-state index contributed by atoms with van der Waals surface area (Å²) >= 11 is 0. The molecule has 4 rings (SSSR count). The fourth-order valence-corrected chi connectivity index (χ4v) is 4.13. The number of benzene rings is 2. The molecular formula is C26H27NO5. The van der Waals surface area contributed by atoms with Crippen LogP contribution in [-0.2, 0) is 13.5 Å². The molecule has 2 aromatic carbocycles. The van der Waals surface area contributed by atoms with E-state index in [0.29, 0.717) is 22.6 Å². The largest absolute Gasteiger partial charge is 0.497 e. The third-order valence-corrected chi connectivity index (χ3v) is 5.95. The van der Waals surface area contributed by atoms with Crippen LogP contribution in [-0.4, -0.2) is 24.1 Å². The summed E-state index contributed by atoms with van der Waals surface area (Å²) < 4.78 is 18.5. The van der Waals surface area contributed by atoms with Crippen LogP contribution in [0.15, 0.2) is 51.7 Å². The Morgan fingerprint density at radius 3 is 2.59 bits per heavy atom. The molecule has 0 bridgehead atoms. The van der Waals surface area contributed by atoms with Crippen molar-refractivity contribution >= 4 is 27.7 Å². The maximum Gasteiger partial charge on any atom is 0.336 e. The lowest BCUT2D eigenvalue weighted by atomic mass is 10.0. The topological polar surface area (TPSA) is 70.7 Å². The van der Waals surface area contributed by atoms with Gasteiger partial charge in [0.05, 0.1) is 7.11 Å². The number of carbonyl (C=O) groups excluding carboxylic acids is 1. The average Bonchev–Trinajstić information content (AvgIpc) is 3.04. The van der Waals surface area contributed by atoms with E-state index in [-0.39, 0.29) is 18.0 Å². The lowest BCUT2D eigenvalue weighted by Gasteiger charge is -2.09. The molecule has 0 aliphatic heterocycles. The van der Waals surface area contributed by atoms with Crippen LogP contribution in [0.3, 0.4) is 0 Å². The summed E-state index contributed by atoms with van der Waals surface area (Å²) in [5.74, 6) is 1.05. The number of unbranched alkanes of at least 4 members (excludes halogenated alkanes) is 1. The Morgan fingerprint density at radius 1 is 1.06 bits per heavy atom. The van der Waals surface area contributed by atoms with Gasteiger partial charge in [-0.1, -0.05) is 13.3 Å². The van der Waals surface area contributed by atoms with Crippen molar-refractivity contribution in [1.29, 1.82) is 0 Å². The van der Waals surface area contributed by atoms with E-state index in [1.165, 1.54) is 0 Å². The molecule has 166 valence electrons. The van der Waals surface area contributed by atoms with E-state index in [2.05, 4.69) is 6.92 Å². The van der Waals surface area contributed by atoms with E-state index < -0.39 is 0 Å². The zero-order valence-electron chi connectivity index (χ0n) is 18.9. The number of Topliss-reactive ketones (excluding diaryl/α,β-unsaturated/α-hetero) is 1. The van der Waals surface area contributed by atoms with Crippen LogP contribution in [0.1, 0.15) is 41.4 Å². The van der Waals surface area contributed by atoms with Gasteiger partial charge in [-0.25, -0.2) is 4.79 Å². The number of aryl methyl sites for hydroxylation is 2. The molecule has 0 aliphatic carbocycles. The van der Waals surface area contributed by atoms with Crippen molar-refractivity contribution in [2.75, 3.05) is 13.7 Å². The van der Waals surface area contributed by atoms with Gasteiger partial charge in [-0.2, -0.15) is 0 Å².